The van der Waals surface area contributed by atoms with E-state index in [2.05, 4.69) is 26.7 Å². The summed E-state index contributed by atoms with van der Waals surface area (Å²) in [5, 5.41) is 15.4. The van der Waals surface area contributed by atoms with Gasteiger partial charge in [0.1, 0.15) is 0 Å². The quantitative estimate of drug-likeness (QED) is 0.316. The van der Waals surface area contributed by atoms with Gasteiger partial charge < -0.3 is 16.0 Å². The molecule has 176 valence electrons. The van der Waals surface area contributed by atoms with Crippen LogP contribution < -0.4 is 16.6 Å². The van der Waals surface area contributed by atoms with Crippen LogP contribution in [-0.4, -0.2) is 51.4 Å². The highest BCUT2D eigenvalue weighted by Crippen LogP contribution is 2.39. The van der Waals surface area contributed by atoms with Crippen LogP contribution >= 0.6 is 11.3 Å². The summed E-state index contributed by atoms with van der Waals surface area (Å²) in [6.07, 6.45) is 3.31. The van der Waals surface area contributed by atoms with Crippen molar-refractivity contribution in [2.45, 2.75) is 0 Å². The van der Waals surface area contributed by atoms with Gasteiger partial charge in [0.2, 0.25) is 5.91 Å². The average molecular weight is 486 g/mol. The third-order valence-corrected chi connectivity index (χ3v) is 6.54. The van der Waals surface area contributed by atoms with Crippen LogP contribution in [0.5, 0.6) is 0 Å². The monoisotopic (exact) mass is 485 g/mol. The molecule has 4 N–H and O–H groups in total. The lowest BCUT2D eigenvalue weighted by molar-refractivity contribution is -0.111. The Kier molecular flexibility index (Phi) is 5.89. The molecule has 0 unspecified atom stereocenters. The van der Waals surface area contributed by atoms with Gasteiger partial charge in [-0.25, -0.2) is 9.78 Å². The lowest BCUT2D eigenvalue weighted by Crippen LogP contribution is -2.13. The molecule has 0 saturated carbocycles. The number of hydrogen-bond donors (Lipinski definition) is 3. The number of anilines is 2. The Hall–Kier alpha value is -4.28. The summed E-state index contributed by atoms with van der Waals surface area (Å²) in [5.74, 6) is -0.00697. The molecule has 0 aliphatic heterocycles. The minimum absolute atomic E-state index is 0.201. The number of nitrogen functional groups attached to an aromatic ring is 1. The number of aromatic nitrogens is 4. The number of carbonyl (C=O) groups is 1. The number of likely N-dealkylation sites (N-methyl/N-ethyl adjacent to an activating group) is 1. The van der Waals surface area contributed by atoms with E-state index in [1.165, 1.54) is 6.08 Å². The molecule has 9 nitrogen and oxygen atoms in total. The number of hydrogen-bond acceptors (Lipinski definition) is 7. The first-order valence-electron chi connectivity index (χ1n) is 10.9. The lowest BCUT2D eigenvalue weighted by atomic mass is 10.2. The number of nitrogens with zero attached hydrogens (tertiary/aromatic N) is 4. The zero-order chi connectivity index (χ0) is 24.5. The molecule has 0 saturated heterocycles. The summed E-state index contributed by atoms with van der Waals surface area (Å²) in [5.41, 5.74) is 8.06. The van der Waals surface area contributed by atoms with Gasteiger partial charge in [-0.1, -0.05) is 24.3 Å². The summed E-state index contributed by atoms with van der Waals surface area (Å²) >= 11 is 1.59. The Labute approximate surface area is 204 Å². The number of nitrogens with two attached hydrogens (primary N) is 1. The minimum atomic E-state index is -0.413. The fraction of sp³-hybridized carbons (Fsp3) is 0.120. The second kappa shape index (κ2) is 9.16. The fourth-order valence-electron chi connectivity index (χ4n) is 3.79. The Balaban J connectivity index is 1.57. The number of amides is 1. The van der Waals surface area contributed by atoms with E-state index in [0.717, 1.165) is 15.0 Å². The largest absolute Gasteiger partial charge is 0.382 e. The van der Waals surface area contributed by atoms with Crippen molar-refractivity contribution in [2.75, 3.05) is 31.7 Å². The first-order chi connectivity index (χ1) is 16.9. The zero-order valence-electron chi connectivity index (χ0n) is 19.1. The van der Waals surface area contributed by atoms with Crippen LogP contribution in [0.1, 0.15) is 0 Å². The van der Waals surface area contributed by atoms with Crippen LogP contribution in [0.3, 0.4) is 0 Å². The smallest absolute Gasteiger partial charge is 0.292 e. The highest BCUT2D eigenvalue weighted by atomic mass is 32.1. The molecule has 0 fully saturated rings. The predicted octanol–water partition coefficient (Wildman–Crippen LogP) is 3.63. The van der Waals surface area contributed by atoms with Gasteiger partial charge in [-0.3, -0.25) is 9.59 Å². The van der Waals surface area contributed by atoms with E-state index in [4.69, 9.17) is 5.73 Å². The van der Waals surface area contributed by atoms with Crippen LogP contribution in [0.2, 0.25) is 0 Å². The normalized spacial score (nSPS) is 11.7. The number of benzene rings is 2. The van der Waals surface area contributed by atoms with Crippen molar-refractivity contribution < 1.29 is 4.79 Å². The minimum Gasteiger partial charge on any atom is -0.382 e. The van der Waals surface area contributed by atoms with Gasteiger partial charge in [-0.2, -0.15) is 10.2 Å². The molecule has 2 aromatic carbocycles. The molecule has 3 heterocycles. The van der Waals surface area contributed by atoms with Gasteiger partial charge >= 0.3 is 0 Å². The number of carbonyl (C=O) groups excluding carboxylic acids is 1. The molecule has 5 aromatic rings. The highest BCUT2D eigenvalue weighted by molar-refractivity contribution is 7.22. The molecule has 35 heavy (non-hydrogen) atoms. The van der Waals surface area contributed by atoms with E-state index < -0.39 is 5.56 Å². The fourth-order valence-corrected chi connectivity index (χ4v) is 4.89. The number of fused-ring (bicyclic) bond motifs is 2. The number of rotatable bonds is 6. The summed E-state index contributed by atoms with van der Waals surface area (Å²) in [6, 6.07) is 17.4. The second-order valence-corrected chi connectivity index (χ2v) is 9.35. The molecule has 3 aromatic heterocycles. The van der Waals surface area contributed by atoms with Crippen LogP contribution in [0.25, 0.3) is 37.2 Å². The predicted molar refractivity (Wildman–Crippen MR) is 141 cm³/mol. The van der Waals surface area contributed by atoms with Gasteiger partial charge in [0, 0.05) is 23.0 Å². The van der Waals surface area contributed by atoms with Crippen molar-refractivity contribution in [2.24, 2.45) is 0 Å². The van der Waals surface area contributed by atoms with Crippen LogP contribution in [0.15, 0.2) is 71.5 Å². The van der Waals surface area contributed by atoms with Crippen molar-refractivity contribution in [1.82, 2.24) is 24.9 Å². The third kappa shape index (κ3) is 4.44. The van der Waals surface area contributed by atoms with E-state index in [1.54, 1.807) is 34.2 Å². The first kappa shape index (κ1) is 22.5. The summed E-state index contributed by atoms with van der Waals surface area (Å²) in [6.45, 7) is 0.677. The topological polar surface area (TPSA) is 122 Å². The summed E-state index contributed by atoms with van der Waals surface area (Å²) < 4.78 is 2.81. The second-order valence-electron chi connectivity index (χ2n) is 8.27. The maximum absolute atomic E-state index is 12.5. The molecular weight excluding hydrogens is 462 g/mol. The molecule has 0 aliphatic rings. The summed E-state index contributed by atoms with van der Waals surface area (Å²) in [7, 11) is 3.87. The van der Waals surface area contributed by atoms with Gasteiger partial charge in [0.25, 0.3) is 5.56 Å². The van der Waals surface area contributed by atoms with Crippen molar-refractivity contribution >= 4 is 49.7 Å². The molecule has 0 radical (unpaired) electrons. The lowest BCUT2D eigenvalue weighted by Gasteiger charge is -2.09. The zero-order valence-corrected chi connectivity index (χ0v) is 20.0. The molecule has 10 heteroatoms. The number of H-pyrrole nitrogens is 1. The molecular formula is C25H23N7O2S. The Morgan fingerprint density at radius 2 is 1.97 bits per heavy atom. The standard InChI is InChI=1S/C25H23N7O2S/c1-31(2)13-5-8-20(33)27-16-9-11-17(12-10-16)32-23(19-14-15-6-3-4-7-18(15)35-19)21-22(30-32)25(34)29-28-24(21)26/h3-12,14H,13H2,1-2H3,(H2,26,28)(H,27,33)(H,29,34)/b8-5+. The maximum Gasteiger partial charge on any atom is 0.292 e. The van der Waals surface area contributed by atoms with Crippen molar-refractivity contribution in [3.63, 3.8) is 0 Å². The Bertz CT molecular complexity index is 1590. The highest BCUT2D eigenvalue weighted by Gasteiger charge is 2.22. The average Bonchev–Trinajstić information content (AvgIpc) is 3.44. The van der Waals surface area contributed by atoms with Crippen molar-refractivity contribution in [3.05, 3.63) is 77.1 Å². The van der Waals surface area contributed by atoms with Crippen molar-refractivity contribution in [3.8, 4) is 16.3 Å². The first-order valence-corrected chi connectivity index (χ1v) is 11.7. The maximum atomic E-state index is 12.5. The third-order valence-electron chi connectivity index (χ3n) is 5.41. The van der Waals surface area contributed by atoms with E-state index >= 15 is 0 Å². The SMILES string of the molecule is CN(C)C/C=C/C(=O)Nc1ccc(-n2nc3c(=O)[nH]nc(N)c3c2-c2cc3ccccc3s2)cc1. The number of thiophene rings is 1. The molecule has 0 bridgehead atoms. The van der Waals surface area contributed by atoms with E-state index in [1.807, 2.05) is 55.4 Å². The molecule has 0 atom stereocenters. The van der Waals surface area contributed by atoms with E-state index in [9.17, 15) is 9.59 Å². The molecule has 1 amide bonds. The molecule has 0 aliphatic carbocycles. The Morgan fingerprint density at radius 3 is 2.71 bits per heavy atom. The van der Waals surface area contributed by atoms with E-state index in [-0.39, 0.29) is 17.2 Å². The van der Waals surface area contributed by atoms with Gasteiger partial charge in [0.05, 0.1) is 21.6 Å². The van der Waals surface area contributed by atoms with E-state index in [0.29, 0.717) is 29.0 Å². The van der Waals surface area contributed by atoms with Crippen LogP contribution in [0.4, 0.5) is 11.5 Å². The molecule has 5 rings (SSSR count). The van der Waals surface area contributed by atoms with Gasteiger partial charge in [0.15, 0.2) is 11.3 Å². The van der Waals surface area contributed by atoms with Gasteiger partial charge in [-0.15, -0.1) is 11.3 Å². The number of aromatic amines is 1. The van der Waals surface area contributed by atoms with Crippen LogP contribution in [-0.2, 0) is 4.79 Å². The van der Waals surface area contributed by atoms with Crippen LogP contribution in [0, 0.1) is 0 Å². The molecule has 0 spiro atoms. The van der Waals surface area contributed by atoms with Gasteiger partial charge in [-0.05, 0) is 55.9 Å². The van der Waals surface area contributed by atoms with Crippen molar-refractivity contribution in [1.29, 1.82) is 0 Å². The Morgan fingerprint density at radius 1 is 1.20 bits per heavy atom. The number of nitrogens with one attached hydrogen (secondary N) is 2. The summed E-state index contributed by atoms with van der Waals surface area (Å²) in [4.78, 5) is 27.6.